The molecule has 0 amide bonds. The van der Waals surface area contributed by atoms with Gasteiger partial charge in [0.25, 0.3) is 0 Å². The summed E-state index contributed by atoms with van der Waals surface area (Å²) in [5, 5.41) is 12.5. The van der Waals surface area contributed by atoms with Gasteiger partial charge in [0.15, 0.2) is 0 Å². The van der Waals surface area contributed by atoms with Crippen LogP contribution in [0, 0.1) is 0 Å². The number of carboxylic acid groups (broad SMARTS) is 1. The van der Waals surface area contributed by atoms with Crippen molar-refractivity contribution in [2.24, 2.45) is 0 Å². The van der Waals surface area contributed by atoms with Crippen molar-refractivity contribution in [1.29, 1.82) is 0 Å². The van der Waals surface area contributed by atoms with Crippen LogP contribution in [0.3, 0.4) is 0 Å². The van der Waals surface area contributed by atoms with Crippen LogP contribution in [-0.4, -0.2) is 27.8 Å². The minimum atomic E-state index is -0.769. The second-order valence-corrected chi connectivity index (χ2v) is 5.15. The summed E-state index contributed by atoms with van der Waals surface area (Å²) in [6.07, 6.45) is 5.27. The predicted octanol–water partition coefficient (Wildman–Crippen LogP) is 2.28. The molecule has 1 aromatic rings. The van der Waals surface area contributed by atoms with E-state index in [0.717, 1.165) is 32.3 Å². The van der Waals surface area contributed by atoms with Gasteiger partial charge in [-0.1, -0.05) is 5.16 Å². The molecule has 0 aromatic carbocycles. The van der Waals surface area contributed by atoms with E-state index in [-0.39, 0.29) is 6.42 Å². The molecule has 1 atom stereocenters. The van der Waals surface area contributed by atoms with Crippen LogP contribution in [0.1, 0.15) is 57.2 Å². The van der Waals surface area contributed by atoms with Crippen LogP contribution < -0.4 is 0 Å². The second-order valence-electron chi connectivity index (χ2n) is 5.15. The summed E-state index contributed by atoms with van der Waals surface area (Å²) in [4.78, 5) is 14.8. The monoisotopic (exact) mass is 268 g/mol. The zero-order valence-electron chi connectivity index (χ0n) is 11.2. The lowest BCUT2D eigenvalue weighted by atomic mass is 9.95. The number of carbonyl (C=O) groups is 1. The van der Waals surface area contributed by atoms with Crippen LogP contribution in [0.15, 0.2) is 4.52 Å². The first-order valence-electron chi connectivity index (χ1n) is 6.79. The molecule has 2 heterocycles. The third-order valence-corrected chi connectivity index (χ3v) is 3.44. The third kappa shape index (κ3) is 3.76. The van der Waals surface area contributed by atoms with Crippen LogP contribution >= 0.6 is 0 Å². The Labute approximate surface area is 112 Å². The zero-order valence-corrected chi connectivity index (χ0v) is 11.2. The molecule has 0 spiro atoms. The Hall–Kier alpha value is -1.43. The number of aliphatic carboxylic acids is 1. The largest absolute Gasteiger partial charge is 0.481 e. The van der Waals surface area contributed by atoms with E-state index in [9.17, 15) is 4.79 Å². The lowest BCUT2D eigenvalue weighted by molar-refractivity contribution is -0.137. The maximum absolute atomic E-state index is 10.4. The summed E-state index contributed by atoms with van der Waals surface area (Å²) in [6, 6.07) is 0. The Morgan fingerprint density at radius 1 is 1.42 bits per heavy atom. The number of hydrogen-bond donors (Lipinski definition) is 1. The van der Waals surface area contributed by atoms with E-state index in [4.69, 9.17) is 14.4 Å². The van der Waals surface area contributed by atoms with E-state index in [1.807, 2.05) is 6.92 Å². The molecule has 6 heteroatoms. The summed E-state index contributed by atoms with van der Waals surface area (Å²) in [5.74, 6) is 0.408. The van der Waals surface area contributed by atoms with Crippen molar-refractivity contribution in [3.63, 3.8) is 0 Å². The highest BCUT2D eigenvalue weighted by atomic mass is 16.5. The molecule has 0 bridgehead atoms. The van der Waals surface area contributed by atoms with Crippen molar-refractivity contribution >= 4 is 5.97 Å². The molecule has 1 aliphatic rings. The van der Waals surface area contributed by atoms with Crippen LogP contribution in [-0.2, 0) is 21.6 Å². The first kappa shape index (κ1) is 14.0. The van der Waals surface area contributed by atoms with Gasteiger partial charge in [-0.2, -0.15) is 4.98 Å². The van der Waals surface area contributed by atoms with Crippen LogP contribution in [0.25, 0.3) is 0 Å². The average molecular weight is 268 g/mol. The Balaban J connectivity index is 1.86. The van der Waals surface area contributed by atoms with Crippen LogP contribution in [0.4, 0.5) is 0 Å². The third-order valence-electron chi connectivity index (χ3n) is 3.44. The number of unbranched alkanes of at least 4 members (excludes halogenated alkanes) is 1. The lowest BCUT2D eigenvalue weighted by Crippen LogP contribution is -2.31. The quantitative estimate of drug-likeness (QED) is 0.797. The highest BCUT2D eigenvalue weighted by molar-refractivity contribution is 5.66. The van der Waals surface area contributed by atoms with Crippen molar-refractivity contribution in [1.82, 2.24) is 10.1 Å². The Morgan fingerprint density at radius 3 is 2.95 bits per heavy atom. The summed E-state index contributed by atoms with van der Waals surface area (Å²) < 4.78 is 11.0. The van der Waals surface area contributed by atoms with Crippen molar-refractivity contribution in [2.75, 3.05) is 6.61 Å². The molecule has 2 rings (SSSR count). The maximum atomic E-state index is 10.4. The van der Waals surface area contributed by atoms with Gasteiger partial charge in [0.1, 0.15) is 5.60 Å². The maximum Gasteiger partial charge on any atom is 0.303 e. The van der Waals surface area contributed by atoms with Crippen molar-refractivity contribution in [3.8, 4) is 0 Å². The first-order chi connectivity index (χ1) is 9.10. The zero-order chi connectivity index (χ0) is 13.7. The molecule has 1 aromatic heterocycles. The van der Waals surface area contributed by atoms with Gasteiger partial charge in [-0.3, -0.25) is 4.79 Å². The predicted molar refractivity (Wildman–Crippen MR) is 66.6 cm³/mol. The molecular weight excluding hydrogens is 248 g/mol. The fourth-order valence-corrected chi connectivity index (χ4v) is 2.23. The molecule has 1 aliphatic heterocycles. The summed E-state index contributed by atoms with van der Waals surface area (Å²) in [5.41, 5.74) is -0.429. The number of rotatable bonds is 6. The SMILES string of the molecule is CC1(c2noc(CCCCC(=O)O)n2)CCCCO1. The number of carboxylic acids is 1. The smallest absolute Gasteiger partial charge is 0.303 e. The van der Waals surface area contributed by atoms with Crippen LogP contribution in [0.5, 0.6) is 0 Å². The van der Waals surface area contributed by atoms with E-state index in [0.29, 0.717) is 24.6 Å². The molecule has 106 valence electrons. The Kier molecular flexibility index (Phi) is 4.52. The molecule has 0 aliphatic carbocycles. The van der Waals surface area contributed by atoms with Crippen molar-refractivity contribution in [2.45, 2.75) is 57.5 Å². The average Bonchev–Trinajstić information content (AvgIpc) is 2.85. The minimum Gasteiger partial charge on any atom is -0.481 e. The molecule has 1 N–H and O–H groups in total. The number of ether oxygens (including phenoxy) is 1. The molecule has 0 radical (unpaired) electrons. The molecule has 19 heavy (non-hydrogen) atoms. The number of nitrogens with zero attached hydrogens (tertiary/aromatic N) is 2. The fourth-order valence-electron chi connectivity index (χ4n) is 2.23. The standard InChI is InChI=1S/C13H20N2O4/c1-13(8-4-5-9-18-13)12-14-10(19-15-12)6-2-3-7-11(16)17/h2-9H2,1H3,(H,16,17). The highest BCUT2D eigenvalue weighted by Crippen LogP contribution is 2.32. The number of aryl methyl sites for hydroxylation is 1. The van der Waals surface area contributed by atoms with Crippen LogP contribution in [0.2, 0.25) is 0 Å². The van der Waals surface area contributed by atoms with Gasteiger partial charge in [0.2, 0.25) is 11.7 Å². The summed E-state index contributed by atoms with van der Waals surface area (Å²) in [6.45, 7) is 2.73. The second kappa shape index (κ2) is 6.14. The number of aromatic nitrogens is 2. The van der Waals surface area contributed by atoms with E-state index in [1.165, 1.54) is 0 Å². The fraction of sp³-hybridized carbons (Fsp3) is 0.769. The molecule has 0 saturated carbocycles. The van der Waals surface area contributed by atoms with E-state index >= 15 is 0 Å². The van der Waals surface area contributed by atoms with Crippen molar-refractivity contribution < 1.29 is 19.2 Å². The Morgan fingerprint density at radius 2 is 2.26 bits per heavy atom. The van der Waals surface area contributed by atoms with Gasteiger partial charge < -0.3 is 14.4 Å². The molecule has 6 nitrogen and oxygen atoms in total. The summed E-state index contributed by atoms with van der Waals surface area (Å²) in [7, 11) is 0. The van der Waals surface area contributed by atoms with Gasteiger partial charge >= 0.3 is 5.97 Å². The summed E-state index contributed by atoms with van der Waals surface area (Å²) >= 11 is 0. The van der Waals surface area contributed by atoms with E-state index < -0.39 is 11.6 Å². The Bertz CT molecular complexity index is 424. The normalized spacial score (nSPS) is 23.4. The molecule has 1 fully saturated rings. The van der Waals surface area contributed by atoms with Gasteiger partial charge in [-0.15, -0.1) is 0 Å². The number of hydrogen-bond acceptors (Lipinski definition) is 5. The van der Waals surface area contributed by atoms with E-state index in [2.05, 4.69) is 10.1 Å². The first-order valence-corrected chi connectivity index (χ1v) is 6.79. The van der Waals surface area contributed by atoms with Crippen molar-refractivity contribution in [3.05, 3.63) is 11.7 Å². The lowest BCUT2D eigenvalue weighted by Gasteiger charge is -2.30. The molecule has 1 unspecified atom stereocenters. The van der Waals surface area contributed by atoms with Gasteiger partial charge in [0.05, 0.1) is 0 Å². The highest BCUT2D eigenvalue weighted by Gasteiger charge is 2.34. The van der Waals surface area contributed by atoms with Gasteiger partial charge in [-0.25, -0.2) is 0 Å². The van der Waals surface area contributed by atoms with Gasteiger partial charge in [-0.05, 0) is 39.0 Å². The van der Waals surface area contributed by atoms with E-state index in [1.54, 1.807) is 0 Å². The van der Waals surface area contributed by atoms with Gasteiger partial charge in [0, 0.05) is 19.4 Å². The molecule has 1 saturated heterocycles. The topological polar surface area (TPSA) is 85.5 Å². The minimum absolute atomic E-state index is 0.182. The molecular formula is C13H20N2O4.